The minimum atomic E-state index is -3.09. The first-order valence-electron chi connectivity index (χ1n) is 6.88. The molecule has 0 saturated carbocycles. The number of halogens is 1. The van der Waals surface area contributed by atoms with Gasteiger partial charge in [-0.25, -0.2) is 12.7 Å². The molecule has 3 nitrogen and oxygen atoms in total. The van der Waals surface area contributed by atoms with Gasteiger partial charge in [-0.05, 0) is 24.5 Å². The van der Waals surface area contributed by atoms with E-state index in [9.17, 15) is 8.42 Å². The Morgan fingerprint density at radius 1 is 1.35 bits per heavy atom. The summed E-state index contributed by atoms with van der Waals surface area (Å²) in [5.41, 5.74) is 1.12. The summed E-state index contributed by atoms with van der Waals surface area (Å²) in [6.07, 6.45) is 1.48. The normalized spacial score (nSPS) is 21.6. The number of thioether (sulfide) groups is 1. The number of nitrogens with zero attached hydrogens (tertiary/aromatic N) is 1. The molecule has 1 saturated heterocycles. The van der Waals surface area contributed by atoms with Gasteiger partial charge in [0.05, 0.1) is 5.75 Å². The van der Waals surface area contributed by atoms with Crippen molar-refractivity contribution >= 4 is 33.4 Å². The molecule has 0 amide bonds. The first-order chi connectivity index (χ1) is 9.54. The van der Waals surface area contributed by atoms with Gasteiger partial charge >= 0.3 is 0 Å². The van der Waals surface area contributed by atoms with Gasteiger partial charge in [0.1, 0.15) is 0 Å². The monoisotopic (exact) mass is 333 g/mol. The lowest BCUT2D eigenvalue weighted by Crippen LogP contribution is -2.34. The molecule has 1 fully saturated rings. The fraction of sp³-hybridized carbons (Fsp3) is 0.571. The summed E-state index contributed by atoms with van der Waals surface area (Å²) in [7, 11) is -3.09. The first-order valence-corrected chi connectivity index (χ1v) is 9.92. The van der Waals surface area contributed by atoms with Gasteiger partial charge in [0.25, 0.3) is 0 Å². The number of benzene rings is 1. The van der Waals surface area contributed by atoms with E-state index in [1.54, 1.807) is 16.1 Å². The quantitative estimate of drug-likeness (QED) is 0.845. The third-order valence-corrected chi connectivity index (χ3v) is 7.14. The van der Waals surface area contributed by atoms with Crippen LogP contribution in [0.3, 0.4) is 0 Å². The van der Waals surface area contributed by atoms with Crippen molar-refractivity contribution in [2.45, 2.75) is 25.0 Å². The molecule has 1 heterocycles. The lowest BCUT2D eigenvalue weighted by Gasteiger charge is -2.19. The van der Waals surface area contributed by atoms with E-state index in [1.165, 1.54) is 0 Å². The highest BCUT2D eigenvalue weighted by Gasteiger charge is 2.26. The van der Waals surface area contributed by atoms with Crippen molar-refractivity contribution in [2.75, 3.05) is 24.6 Å². The maximum atomic E-state index is 12.1. The maximum Gasteiger partial charge on any atom is 0.214 e. The Kier molecular flexibility index (Phi) is 5.78. The highest BCUT2D eigenvalue weighted by atomic mass is 35.5. The molecular weight excluding hydrogens is 314 g/mol. The zero-order chi connectivity index (χ0) is 14.6. The second kappa shape index (κ2) is 7.16. The largest absolute Gasteiger partial charge is 0.214 e. The van der Waals surface area contributed by atoms with Crippen LogP contribution >= 0.6 is 23.4 Å². The van der Waals surface area contributed by atoms with Crippen LogP contribution in [-0.2, 0) is 10.0 Å². The number of hydrogen-bond donors (Lipinski definition) is 0. The topological polar surface area (TPSA) is 37.4 Å². The highest BCUT2D eigenvalue weighted by molar-refractivity contribution is 7.99. The van der Waals surface area contributed by atoms with Crippen LogP contribution in [0, 0.1) is 0 Å². The lowest BCUT2D eigenvalue weighted by molar-refractivity contribution is 0.427. The van der Waals surface area contributed by atoms with Crippen molar-refractivity contribution in [1.82, 2.24) is 4.31 Å². The smallest absolute Gasteiger partial charge is 0.212 e. The van der Waals surface area contributed by atoms with E-state index in [0.29, 0.717) is 19.5 Å². The molecule has 0 radical (unpaired) electrons. The van der Waals surface area contributed by atoms with Gasteiger partial charge in [0.15, 0.2) is 0 Å². The third-order valence-electron chi connectivity index (χ3n) is 3.41. The second-order valence-corrected chi connectivity index (χ2v) is 8.69. The SMILES string of the molecule is CCCS(=O)(=O)N1CCSC(c2ccccc2Cl)CC1. The minimum Gasteiger partial charge on any atom is -0.212 e. The summed E-state index contributed by atoms with van der Waals surface area (Å²) in [5.74, 6) is 1.06. The summed E-state index contributed by atoms with van der Waals surface area (Å²) in [6, 6.07) is 7.84. The summed E-state index contributed by atoms with van der Waals surface area (Å²) < 4.78 is 25.9. The summed E-state index contributed by atoms with van der Waals surface area (Å²) >= 11 is 8.04. The molecule has 1 aliphatic heterocycles. The molecule has 1 unspecified atom stereocenters. The van der Waals surface area contributed by atoms with E-state index in [2.05, 4.69) is 0 Å². The van der Waals surface area contributed by atoms with Gasteiger partial charge in [-0.3, -0.25) is 0 Å². The van der Waals surface area contributed by atoms with E-state index >= 15 is 0 Å². The molecule has 6 heteroatoms. The average molecular weight is 334 g/mol. The Bertz CT molecular complexity index is 548. The van der Waals surface area contributed by atoms with Crippen LogP contribution in [0.15, 0.2) is 24.3 Å². The van der Waals surface area contributed by atoms with Gasteiger partial charge in [0, 0.05) is 29.1 Å². The van der Waals surface area contributed by atoms with Gasteiger partial charge in [-0.1, -0.05) is 36.7 Å². The molecular formula is C14H20ClNO2S2. The number of hydrogen-bond acceptors (Lipinski definition) is 3. The Labute approximate surface area is 130 Å². The van der Waals surface area contributed by atoms with Crippen LogP contribution in [0.1, 0.15) is 30.6 Å². The van der Waals surface area contributed by atoms with Crippen molar-refractivity contribution in [3.8, 4) is 0 Å². The summed E-state index contributed by atoms with van der Waals surface area (Å²) in [5, 5.41) is 1.06. The molecule has 0 N–H and O–H groups in total. The predicted molar refractivity (Wildman–Crippen MR) is 86.9 cm³/mol. The zero-order valence-corrected chi connectivity index (χ0v) is 14.0. The standard InChI is InChI=1S/C14H20ClNO2S2/c1-2-11-20(17,18)16-8-7-14(19-10-9-16)12-5-3-4-6-13(12)15/h3-6,14H,2,7-11H2,1H3. The molecule has 20 heavy (non-hydrogen) atoms. The van der Waals surface area contributed by atoms with E-state index in [-0.39, 0.29) is 11.0 Å². The Morgan fingerprint density at radius 3 is 2.80 bits per heavy atom. The van der Waals surface area contributed by atoms with Crippen molar-refractivity contribution in [3.05, 3.63) is 34.9 Å². The number of rotatable bonds is 4. The molecule has 1 aromatic rings. The van der Waals surface area contributed by atoms with E-state index in [4.69, 9.17) is 11.6 Å². The molecule has 112 valence electrons. The molecule has 1 aliphatic rings. The van der Waals surface area contributed by atoms with Crippen LogP contribution in [0.25, 0.3) is 0 Å². The number of sulfonamides is 1. The average Bonchev–Trinajstić information content (AvgIpc) is 2.65. The Morgan fingerprint density at radius 2 is 2.10 bits per heavy atom. The highest BCUT2D eigenvalue weighted by Crippen LogP contribution is 2.38. The maximum absolute atomic E-state index is 12.1. The van der Waals surface area contributed by atoms with Gasteiger partial charge in [-0.15, -0.1) is 0 Å². The van der Waals surface area contributed by atoms with Crippen molar-refractivity contribution in [3.63, 3.8) is 0 Å². The molecule has 0 aliphatic carbocycles. The Hall–Kier alpha value is -0.230. The minimum absolute atomic E-state index is 0.244. The fourth-order valence-electron chi connectivity index (χ4n) is 2.40. The molecule has 2 rings (SSSR count). The molecule has 1 aromatic carbocycles. The van der Waals surface area contributed by atoms with Gasteiger partial charge < -0.3 is 0 Å². The zero-order valence-electron chi connectivity index (χ0n) is 11.6. The van der Waals surface area contributed by atoms with Crippen LogP contribution in [0.2, 0.25) is 5.02 Å². The van der Waals surface area contributed by atoms with Gasteiger partial charge in [-0.2, -0.15) is 11.8 Å². The first kappa shape index (κ1) is 16.1. The van der Waals surface area contributed by atoms with Crippen LogP contribution in [0.4, 0.5) is 0 Å². The molecule has 1 atom stereocenters. The summed E-state index contributed by atoms with van der Waals surface area (Å²) in [4.78, 5) is 0. The van der Waals surface area contributed by atoms with E-state index < -0.39 is 10.0 Å². The predicted octanol–water partition coefficient (Wildman–Crippen LogP) is 3.56. The fourth-order valence-corrected chi connectivity index (χ4v) is 5.64. The van der Waals surface area contributed by atoms with Crippen LogP contribution in [0.5, 0.6) is 0 Å². The van der Waals surface area contributed by atoms with Gasteiger partial charge in [0.2, 0.25) is 10.0 Å². The van der Waals surface area contributed by atoms with Crippen LogP contribution < -0.4 is 0 Å². The Balaban J connectivity index is 2.08. The molecule has 0 spiro atoms. The van der Waals surface area contributed by atoms with Crippen molar-refractivity contribution < 1.29 is 8.42 Å². The second-order valence-electron chi connectivity index (χ2n) is 4.88. The van der Waals surface area contributed by atoms with E-state index in [1.807, 2.05) is 31.2 Å². The molecule has 0 aromatic heterocycles. The lowest BCUT2D eigenvalue weighted by atomic mass is 10.1. The molecule has 0 bridgehead atoms. The van der Waals surface area contributed by atoms with E-state index in [0.717, 1.165) is 22.8 Å². The van der Waals surface area contributed by atoms with Crippen molar-refractivity contribution in [2.24, 2.45) is 0 Å². The van der Waals surface area contributed by atoms with Crippen molar-refractivity contribution in [1.29, 1.82) is 0 Å². The van der Waals surface area contributed by atoms with Crippen LogP contribution in [-0.4, -0.2) is 37.3 Å². The summed E-state index contributed by atoms with van der Waals surface area (Å²) in [6.45, 7) is 3.09. The third kappa shape index (κ3) is 3.91.